The number of hydrogen-bond acceptors (Lipinski definition) is 4. The molecule has 1 atom stereocenters. The third kappa shape index (κ3) is 2.69. The van der Waals surface area contributed by atoms with Crippen LogP contribution in [-0.4, -0.2) is 27.5 Å². The molecule has 0 fully saturated rings. The minimum absolute atomic E-state index is 0.479. The molecule has 0 aliphatic carbocycles. The lowest BCUT2D eigenvalue weighted by Gasteiger charge is -2.31. The summed E-state index contributed by atoms with van der Waals surface area (Å²) in [5.74, 6) is 0.185. The maximum absolute atomic E-state index is 11.5. The first-order valence-electron chi connectivity index (χ1n) is 7.00. The fraction of sp³-hybridized carbons (Fsp3) is 0.375. The van der Waals surface area contributed by atoms with E-state index in [-0.39, 0.29) is 0 Å². The van der Waals surface area contributed by atoms with Gasteiger partial charge in [-0.25, -0.2) is 4.98 Å². The molecule has 5 nitrogen and oxygen atoms in total. The molecule has 0 amide bonds. The van der Waals surface area contributed by atoms with Gasteiger partial charge in [0.2, 0.25) is 5.89 Å². The summed E-state index contributed by atoms with van der Waals surface area (Å²) in [5.41, 5.74) is 2.87. The van der Waals surface area contributed by atoms with Crippen molar-refractivity contribution in [2.24, 2.45) is 0 Å². The first-order chi connectivity index (χ1) is 10.0. The van der Waals surface area contributed by atoms with E-state index in [1.165, 1.54) is 0 Å². The number of benzene rings is 1. The van der Waals surface area contributed by atoms with Gasteiger partial charge in [-0.1, -0.05) is 24.3 Å². The van der Waals surface area contributed by atoms with Crippen LogP contribution in [0.25, 0.3) is 0 Å². The van der Waals surface area contributed by atoms with Crippen molar-refractivity contribution < 1.29 is 14.3 Å². The van der Waals surface area contributed by atoms with Crippen molar-refractivity contribution in [3.8, 4) is 0 Å². The highest BCUT2D eigenvalue weighted by molar-refractivity contribution is 5.77. The van der Waals surface area contributed by atoms with Gasteiger partial charge in [-0.15, -0.1) is 0 Å². The lowest BCUT2D eigenvalue weighted by Crippen LogP contribution is -2.36. The Kier molecular flexibility index (Phi) is 3.51. The summed E-state index contributed by atoms with van der Waals surface area (Å²) >= 11 is 0. The van der Waals surface area contributed by atoms with Gasteiger partial charge in [-0.05, 0) is 25.0 Å². The average molecular weight is 286 g/mol. The van der Waals surface area contributed by atoms with Gasteiger partial charge in [-0.2, -0.15) is 0 Å². The zero-order valence-electron chi connectivity index (χ0n) is 12.2. The molecule has 5 heteroatoms. The highest BCUT2D eigenvalue weighted by Gasteiger charge is 2.30. The van der Waals surface area contributed by atoms with Gasteiger partial charge < -0.3 is 9.52 Å². The van der Waals surface area contributed by atoms with E-state index in [0.29, 0.717) is 19.0 Å². The lowest BCUT2D eigenvalue weighted by molar-refractivity contribution is -0.139. The van der Waals surface area contributed by atoms with Crippen molar-refractivity contribution in [1.82, 2.24) is 9.88 Å². The minimum atomic E-state index is -0.785. The van der Waals surface area contributed by atoms with Crippen LogP contribution in [0.15, 0.2) is 28.7 Å². The Bertz CT molecular complexity index is 658. The van der Waals surface area contributed by atoms with Crippen LogP contribution in [0.1, 0.15) is 34.4 Å². The van der Waals surface area contributed by atoms with Crippen molar-refractivity contribution in [3.63, 3.8) is 0 Å². The summed E-state index contributed by atoms with van der Waals surface area (Å²) in [5, 5.41) is 9.45. The number of aromatic nitrogens is 1. The number of carboxylic acids is 1. The Morgan fingerprint density at radius 1 is 1.43 bits per heavy atom. The highest BCUT2D eigenvalue weighted by Crippen LogP contribution is 2.29. The number of fused-ring (bicyclic) bond motifs is 1. The molecule has 1 aliphatic heterocycles. The third-order valence-electron chi connectivity index (χ3n) is 4.00. The number of oxazole rings is 1. The van der Waals surface area contributed by atoms with E-state index in [4.69, 9.17) is 4.42 Å². The number of nitrogens with zero attached hydrogens (tertiary/aromatic N) is 2. The van der Waals surface area contributed by atoms with Crippen LogP contribution in [-0.2, 0) is 17.9 Å². The molecular formula is C16H18N2O3. The van der Waals surface area contributed by atoms with Gasteiger partial charge >= 0.3 is 5.97 Å². The van der Waals surface area contributed by atoms with E-state index in [1.54, 1.807) is 0 Å². The van der Waals surface area contributed by atoms with E-state index >= 15 is 0 Å². The molecule has 1 unspecified atom stereocenters. The monoisotopic (exact) mass is 286 g/mol. The topological polar surface area (TPSA) is 66.6 Å². The fourth-order valence-corrected chi connectivity index (χ4v) is 2.81. The maximum Gasteiger partial charge on any atom is 0.312 e. The second-order valence-corrected chi connectivity index (χ2v) is 5.51. The van der Waals surface area contributed by atoms with Crippen LogP contribution in [0.3, 0.4) is 0 Å². The van der Waals surface area contributed by atoms with Gasteiger partial charge in [0.15, 0.2) is 0 Å². The Morgan fingerprint density at radius 2 is 2.19 bits per heavy atom. The Hall–Kier alpha value is -2.14. The molecule has 2 aromatic rings. The second kappa shape index (κ2) is 5.33. The third-order valence-corrected chi connectivity index (χ3v) is 4.00. The number of hydrogen-bond donors (Lipinski definition) is 1. The standard InChI is InChI=1S/C16H18N2O3/c1-10-11(2)21-15(17-10)9-18-7-12-5-3-4-6-13(12)14(8-18)16(19)20/h3-6,14H,7-9H2,1-2H3,(H,19,20). The van der Waals surface area contributed by atoms with E-state index in [2.05, 4.69) is 9.88 Å². The Morgan fingerprint density at radius 3 is 2.86 bits per heavy atom. The minimum Gasteiger partial charge on any atom is -0.481 e. The van der Waals surface area contributed by atoms with Gasteiger partial charge in [0.1, 0.15) is 5.76 Å². The van der Waals surface area contributed by atoms with Gasteiger partial charge in [0, 0.05) is 13.1 Å². The fourth-order valence-electron chi connectivity index (χ4n) is 2.81. The smallest absolute Gasteiger partial charge is 0.312 e. The molecule has 110 valence electrons. The maximum atomic E-state index is 11.5. The van der Waals surface area contributed by atoms with Crippen molar-refractivity contribution >= 4 is 5.97 Å². The number of aryl methyl sites for hydroxylation is 2. The average Bonchev–Trinajstić information content (AvgIpc) is 2.76. The molecule has 0 saturated heterocycles. The molecule has 0 saturated carbocycles. The number of carboxylic acid groups (broad SMARTS) is 1. The molecular weight excluding hydrogens is 268 g/mol. The quantitative estimate of drug-likeness (QED) is 0.939. The molecule has 0 bridgehead atoms. The predicted octanol–water partition coefficient (Wildman–Crippen LogP) is 2.48. The summed E-state index contributed by atoms with van der Waals surface area (Å²) in [4.78, 5) is 18.0. The summed E-state index contributed by atoms with van der Waals surface area (Å²) < 4.78 is 5.60. The Balaban J connectivity index is 1.84. The summed E-state index contributed by atoms with van der Waals surface area (Å²) in [6, 6.07) is 7.74. The van der Waals surface area contributed by atoms with Gasteiger partial charge in [0.05, 0.1) is 18.2 Å². The zero-order valence-corrected chi connectivity index (χ0v) is 12.2. The van der Waals surface area contributed by atoms with E-state index in [0.717, 1.165) is 29.1 Å². The van der Waals surface area contributed by atoms with E-state index in [1.807, 2.05) is 38.1 Å². The van der Waals surface area contributed by atoms with Crippen molar-refractivity contribution in [2.45, 2.75) is 32.9 Å². The van der Waals surface area contributed by atoms with Crippen LogP contribution >= 0.6 is 0 Å². The summed E-state index contributed by atoms with van der Waals surface area (Å²) in [7, 11) is 0. The van der Waals surface area contributed by atoms with Crippen molar-refractivity contribution in [3.05, 3.63) is 52.7 Å². The SMILES string of the molecule is Cc1nc(CN2Cc3ccccc3C(C(=O)O)C2)oc1C. The van der Waals surface area contributed by atoms with Crippen LogP contribution < -0.4 is 0 Å². The van der Waals surface area contributed by atoms with Crippen LogP contribution in [0, 0.1) is 13.8 Å². The molecule has 0 spiro atoms. The zero-order chi connectivity index (χ0) is 15.0. The molecule has 3 rings (SSSR count). The van der Waals surface area contributed by atoms with Gasteiger partial charge in [0.25, 0.3) is 0 Å². The first kappa shape index (κ1) is 13.8. The molecule has 1 aromatic heterocycles. The molecule has 1 aromatic carbocycles. The number of aliphatic carboxylic acids is 1. The molecule has 1 N–H and O–H groups in total. The Labute approximate surface area is 123 Å². The molecule has 0 radical (unpaired) electrons. The van der Waals surface area contributed by atoms with Crippen LogP contribution in [0.2, 0.25) is 0 Å². The largest absolute Gasteiger partial charge is 0.481 e. The summed E-state index contributed by atoms with van der Waals surface area (Å²) in [6.45, 7) is 5.53. The molecule has 1 aliphatic rings. The van der Waals surface area contributed by atoms with Crippen LogP contribution in [0.4, 0.5) is 0 Å². The van der Waals surface area contributed by atoms with Crippen molar-refractivity contribution in [2.75, 3.05) is 6.54 Å². The lowest BCUT2D eigenvalue weighted by atomic mass is 9.90. The normalized spacial score (nSPS) is 18.5. The van der Waals surface area contributed by atoms with Crippen LogP contribution in [0.5, 0.6) is 0 Å². The number of rotatable bonds is 3. The summed E-state index contributed by atoms with van der Waals surface area (Å²) in [6.07, 6.45) is 0. The highest BCUT2D eigenvalue weighted by atomic mass is 16.4. The first-order valence-corrected chi connectivity index (χ1v) is 7.00. The predicted molar refractivity (Wildman–Crippen MR) is 76.9 cm³/mol. The molecule has 21 heavy (non-hydrogen) atoms. The van der Waals surface area contributed by atoms with Crippen molar-refractivity contribution in [1.29, 1.82) is 0 Å². The van der Waals surface area contributed by atoms with E-state index < -0.39 is 11.9 Å². The van der Waals surface area contributed by atoms with E-state index in [9.17, 15) is 9.90 Å². The van der Waals surface area contributed by atoms with Gasteiger partial charge in [-0.3, -0.25) is 9.69 Å². The number of carbonyl (C=O) groups is 1. The molecule has 2 heterocycles. The second-order valence-electron chi connectivity index (χ2n) is 5.51.